The molecule has 0 amide bonds. The van der Waals surface area contributed by atoms with E-state index in [0.717, 1.165) is 24.7 Å². The minimum Gasteiger partial charge on any atom is -0.443 e. The van der Waals surface area contributed by atoms with Crippen molar-refractivity contribution < 1.29 is 4.42 Å². The van der Waals surface area contributed by atoms with Gasteiger partial charge in [0, 0.05) is 30.3 Å². The summed E-state index contributed by atoms with van der Waals surface area (Å²) >= 11 is 0. The van der Waals surface area contributed by atoms with Gasteiger partial charge < -0.3 is 4.42 Å². The normalized spacial score (nSPS) is 13.9. The van der Waals surface area contributed by atoms with Crippen molar-refractivity contribution in [2.45, 2.75) is 59.2 Å². The van der Waals surface area contributed by atoms with Crippen LogP contribution in [0, 0.1) is 0 Å². The summed E-state index contributed by atoms with van der Waals surface area (Å²) in [5.74, 6) is 1.70. The first-order valence-corrected chi connectivity index (χ1v) is 7.49. The third kappa shape index (κ3) is 3.73. The summed E-state index contributed by atoms with van der Waals surface area (Å²) in [4.78, 5) is 6.66. The van der Waals surface area contributed by atoms with Gasteiger partial charge in [-0.25, -0.2) is 4.98 Å². The van der Waals surface area contributed by atoms with Gasteiger partial charge in [0.15, 0.2) is 0 Å². The van der Waals surface area contributed by atoms with Gasteiger partial charge in [0.25, 0.3) is 0 Å². The van der Waals surface area contributed by atoms with Gasteiger partial charge in [-0.15, -0.1) is 0 Å². The molecule has 116 valence electrons. The van der Waals surface area contributed by atoms with E-state index in [9.17, 15) is 0 Å². The van der Waals surface area contributed by atoms with Gasteiger partial charge in [0.1, 0.15) is 5.76 Å². The van der Waals surface area contributed by atoms with Crippen LogP contribution in [0.2, 0.25) is 0 Å². The predicted molar refractivity (Wildman–Crippen MR) is 83.0 cm³/mol. The molecule has 2 aromatic heterocycles. The topological polar surface area (TPSA) is 47.1 Å². The number of hydrogen-bond donors (Lipinski definition) is 0. The molecule has 2 heterocycles. The lowest BCUT2D eigenvalue weighted by Crippen LogP contribution is -2.22. The number of aromatic nitrogens is 3. The Kier molecular flexibility index (Phi) is 4.52. The van der Waals surface area contributed by atoms with E-state index in [1.54, 1.807) is 0 Å². The van der Waals surface area contributed by atoms with E-state index in [1.165, 1.54) is 5.56 Å². The van der Waals surface area contributed by atoms with Crippen molar-refractivity contribution in [2.75, 3.05) is 7.05 Å². The van der Waals surface area contributed by atoms with E-state index < -0.39 is 0 Å². The Bertz CT molecular complexity index is 579. The highest BCUT2D eigenvalue weighted by Crippen LogP contribution is 2.27. The molecule has 5 heteroatoms. The second-order valence-electron chi connectivity index (χ2n) is 6.61. The monoisotopic (exact) mass is 290 g/mol. The summed E-state index contributed by atoms with van der Waals surface area (Å²) in [5.41, 5.74) is 1.19. The Morgan fingerprint density at radius 3 is 2.57 bits per heavy atom. The summed E-state index contributed by atoms with van der Waals surface area (Å²) in [5, 5.41) is 4.31. The molecule has 5 nitrogen and oxygen atoms in total. The average molecular weight is 290 g/mol. The number of oxazole rings is 1. The molecular formula is C16H26N4O. The van der Waals surface area contributed by atoms with Gasteiger partial charge in [-0.1, -0.05) is 20.8 Å². The standard InChI is InChI=1S/C16H26N4O/c1-7-20-11-13(8-18-20)10-19(6)12(2)15-17-9-14(21-15)16(3,4)5/h8-9,11-12H,7,10H2,1-6H3. The molecule has 0 saturated heterocycles. The lowest BCUT2D eigenvalue weighted by molar-refractivity contribution is 0.210. The van der Waals surface area contributed by atoms with E-state index in [4.69, 9.17) is 4.42 Å². The first-order chi connectivity index (χ1) is 9.81. The van der Waals surface area contributed by atoms with Crippen LogP contribution < -0.4 is 0 Å². The van der Waals surface area contributed by atoms with Crippen molar-refractivity contribution in [1.29, 1.82) is 0 Å². The van der Waals surface area contributed by atoms with Crippen LogP contribution in [-0.4, -0.2) is 26.7 Å². The molecule has 1 unspecified atom stereocenters. The maximum atomic E-state index is 5.92. The third-order valence-electron chi connectivity index (χ3n) is 3.72. The SMILES string of the molecule is CCn1cc(CN(C)C(C)c2ncc(C(C)(C)C)o2)cn1. The molecular weight excluding hydrogens is 264 g/mol. The van der Waals surface area contributed by atoms with Crippen LogP contribution >= 0.6 is 0 Å². The maximum absolute atomic E-state index is 5.92. The summed E-state index contributed by atoms with van der Waals surface area (Å²) in [6, 6.07) is 0.131. The zero-order valence-corrected chi connectivity index (χ0v) is 13.9. The Morgan fingerprint density at radius 2 is 2.05 bits per heavy atom. The van der Waals surface area contributed by atoms with Crippen LogP contribution in [0.4, 0.5) is 0 Å². The van der Waals surface area contributed by atoms with Crippen LogP contribution in [0.5, 0.6) is 0 Å². The lowest BCUT2D eigenvalue weighted by atomic mass is 9.94. The summed E-state index contributed by atoms with van der Waals surface area (Å²) in [7, 11) is 2.08. The molecule has 0 fully saturated rings. The van der Waals surface area contributed by atoms with Gasteiger partial charge in [-0.3, -0.25) is 9.58 Å². The fourth-order valence-corrected chi connectivity index (χ4v) is 2.10. The number of rotatable bonds is 5. The van der Waals surface area contributed by atoms with Crippen molar-refractivity contribution in [3.63, 3.8) is 0 Å². The average Bonchev–Trinajstić information content (AvgIpc) is 3.05. The van der Waals surface area contributed by atoms with Crippen molar-refractivity contribution in [2.24, 2.45) is 0 Å². The van der Waals surface area contributed by atoms with Gasteiger partial charge in [0.05, 0.1) is 18.4 Å². The van der Waals surface area contributed by atoms with E-state index in [1.807, 2.05) is 17.1 Å². The number of hydrogen-bond acceptors (Lipinski definition) is 4. The van der Waals surface area contributed by atoms with Gasteiger partial charge in [-0.2, -0.15) is 5.10 Å². The van der Waals surface area contributed by atoms with E-state index in [2.05, 4.69) is 62.8 Å². The quantitative estimate of drug-likeness (QED) is 0.847. The Hall–Kier alpha value is -1.62. The number of nitrogens with zero attached hydrogens (tertiary/aromatic N) is 4. The molecule has 0 aliphatic carbocycles. The Morgan fingerprint density at radius 1 is 1.33 bits per heavy atom. The van der Waals surface area contributed by atoms with Crippen LogP contribution in [0.3, 0.4) is 0 Å². The molecule has 2 rings (SSSR count). The highest BCUT2D eigenvalue weighted by molar-refractivity contribution is 5.08. The summed E-state index contributed by atoms with van der Waals surface area (Å²) in [6.07, 6.45) is 5.84. The Balaban J connectivity index is 2.04. The van der Waals surface area contributed by atoms with E-state index in [-0.39, 0.29) is 11.5 Å². The Labute approximate surface area is 127 Å². The van der Waals surface area contributed by atoms with Crippen molar-refractivity contribution in [3.8, 4) is 0 Å². The van der Waals surface area contributed by atoms with E-state index in [0.29, 0.717) is 0 Å². The minimum absolute atomic E-state index is 0.00813. The zero-order valence-electron chi connectivity index (χ0n) is 13.9. The van der Waals surface area contributed by atoms with Gasteiger partial charge in [0.2, 0.25) is 5.89 Å². The summed E-state index contributed by atoms with van der Waals surface area (Å²) in [6.45, 7) is 12.3. The minimum atomic E-state index is -0.00813. The van der Waals surface area contributed by atoms with Crippen molar-refractivity contribution in [1.82, 2.24) is 19.7 Å². The first-order valence-electron chi connectivity index (χ1n) is 7.49. The highest BCUT2D eigenvalue weighted by Gasteiger charge is 2.23. The molecule has 0 N–H and O–H groups in total. The molecule has 2 aromatic rings. The summed E-state index contributed by atoms with van der Waals surface area (Å²) < 4.78 is 7.86. The molecule has 0 bridgehead atoms. The van der Waals surface area contributed by atoms with Crippen LogP contribution in [-0.2, 0) is 18.5 Å². The molecule has 0 spiro atoms. The van der Waals surface area contributed by atoms with Crippen molar-refractivity contribution in [3.05, 3.63) is 35.8 Å². The van der Waals surface area contributed by atoms with Crippen LogP contribution in [0.1, 0.15) is 57.9 Å². The van der Waals surface area contributed by atoms with Gasteiger partial charge >= 0.3 is 0 Å². The maximum Gasteiger partial charge on any atom is 0.211 e. The zero-order chi connectivity index (χ0) is 15.6. The molecule has 0 radical (unpaired) electrons. The third-order valence-corrected chi connectivity index (χ3v) is 3.72. The molecule has 0 aromatic carbocycles. The fourth-order valence-electron chi connectivity index (χ4n) is 2.10. The van der Waals surface area contributed by atoms with Crippen LogP contribution in [0.15, 0.2) is 23.0 Å². The van der Waals surface area contributed by atoms with Gasteiger partial charge in [-0.05, 0) is 20.9 Å². The molecule has 0 saturated carbocycles. The predicted octanol–water partition coefficient (Wildman–Crippen LogP) is 3.38. The molecule has 1 atom stereocenters. The fraction of sp³-hybridized carbons (Fsp3) is 0.625. The molecule has 21 heavy (non-hydrogen) atoms. The largest absolute Gasteiger partial charge is 0.443 e. The highest BCUT2D eigenvalue weighted by atomic mass is 16.4. The molecule has 0 aliphatic rings. The smallest absolute Gasteiger partial charge is 0.211 e. The molecule has 0 aliphatic heterocycles. The second-order valence-corrected chi connectivity index (χ2v) is 6.61. The second kappa shape index (κ2) is 6.02. The first kappa shape index (κ1) is 15.8. The van der Waals surface area contributed by atoms with E-state index >= 15 is 0 Å². The lowest BCUT2D eigenvalue weighted by Gasteiger charge is -2.21. The number of aryl methyl sites for hydroxylation is 1. The van der Waals surface area contributed by atoms with Crippen LogP contribution in [0.25, 0.3) is 0 Å². The van der Waals surface area contributed by atoms with Crippen molar-refractivity contribution >= 4 is 0 Å².